The molecule has 3 aliphatic heterocycles. The number of benzene rings is 4. The van der Waals surface area contributed by atoms with Crippen molar-refractivity contribution in [3.63, 3.8) is 0 Å². The zero-order valence-electron chi connectivity index (χ0n) is 61.2. The van der Waals surface area contributed by atoms with Crippen LogP contribution in [-0.4, -0.2) is 146 Å². The van der Waals surface area contributed by atoms with Gasteiger partial charge in [0.1, 0.15) is 17.7 Å². The first-order valence-electron chi connectivity index (χ1n) is 34.2. The van der Waals surface area contributed by atoms with Crippen LogP contribution < -0.4 is 21.1 Å². The number of ether oxygens (including phenoxy) is 6. The summed E-state index contributed by atoms with van der Waals surface area (Å²) in [5, 5.41) is 49.3. The summed E-state index contributed by atoms with van der Waals surface area (Å²) < 4.78 is 380. The standard InChI is InChI=1S/C18H19F7O3.C18H30F4O3.C13H20F4O3.C7HF4NO4.C7H3F4NO2.C7H2F4O3/c19-16(20,11-17(21,22)23)18(24,25)14(10-12-6-8-27-9-7-12)28-15(26)13-4-2-1-3-5-13;1-13(2)16(23)25-15(18(21,22)12-17(3,19)20)7-5-4-6-14-8-10-24-11-9-14;1-12(14,15)13(16,17)6-9-20-11(18)3-2-10-4-7-19-8-5-10;8-2-1(7(13)14)6(12(15)16)5(11)4(10)3(2)9;8-2-1(7(13)14)3(9)5(11)6(12)4(2)10;8-2-1(7(13)14)6(12)5(11)4(10)3(2)9/h1-5,12,14H,6-11H2;13-15H,4-12H2,1-3H3;10H,2-9H2,1H3;(H,13,14);12H2,(H,13,14);12H,(H,13,14)/p-3. The number of halogens is 27. The van der Waals surface area contributed by atoms with Crippen molar-refractivity contribution in [2.75, 3.05) is 52.0 Å². The Morgan fingerprint density at radius 1 is 0.547 bits per heavy atom. The molecule has 2 unspecified atom stereocenters. The average Bonchev–Trinajstić information content (AvgIpc) is 0.791. The zero-order valence-corrected chi connectivity index (χ0v) is 61.2. The third kappa shape index (κ3) is 31.8. The fourth-order valence-electron chi connectivity index (χ4n) is 10.4. The molecule has 4 aromatic rings. The summed E-state index contributed by atoms with van der Waals surface area (Å²) in [5.41, 5.74) is -4.52. The van der Waals surface area contributed by atoms with Crippen LogP contribution in [0.5, 0.6) is 5.75 Å². The minimum Gasteiger partial charge on any atom is -0.870 e. The SMILES string of the molecule is CC(C)C(=O)OC(CCCCC1CCOCC1)C(F)(F)CC(C)(F)F.CC(F)(F)C(F)(F)CCOC(=O)CCC1CCOCC1.Nc1c(F)c(F)c(C(=O)[O-])c(F)c1F.O=C(O)c1c([O-])c(F)c(F)c(F)c1F.O=C(OC(CC1CCOCC1)C(F)(F)C(F)(F)CC(F)(F)F)c1ccccc1.O=C([O-])c1c(F)c(F)c(F)c(F)c1[N+](=O)[O-]. The van der Waals surface area contributed by atoms with E-state index < -0.39 is 242 Å². The first kappa shape index (κ1) is 104. The molecule has 3 fully saturated rings. The van der Waals surface area contributed by atoms with Crippen LogP contribution in [0.25, 0.3) is 0 Å². The van der Waals surface area contributed by atoms with Gasteiger partial charge in [0, 0.05) is 53.0 Å². The number of carboxylic acids is 3. The number of hydrogen-bond acceptors (Lipinski definition) is 18. The van der Waals surface area contributed by atoms with E-state index in [9.17, 15) is 173 Å². The van der Waals surface area contributed by atoms with E-state index in [2.05, 4.69) is 15.2 Å². The first-order chi connectivity index (χ1) is 53.7. The van der Waals surface area contributed by atoms with Gasteiger partial charge in [0.2, 0.25) is 11.6 Å². The number of nitro benzene ring substituents is 1. The molecule has 0 bridgehead atoms. The molecule has 0 saturated carbocycles. The van der Waals surface area contributed by atoms with Crippen LogP contribution in [0.2, 0.25) is 0 Å². The molecule has 662 valence electrons. The second-order valence-corrected chi connectivity index (χ2v) is 26.4. The number of rotatable bonds is 28. The van der Waals surface area contributed by atoms with Gasteiger partial charge >= 0.3 is 59.4 Å². The van der Waals surface area contributed by atoms with Gasteiger partial charge in [-0.1, -0.05) is 50.6 Å². The lowest BCUT2D eigenvalue weighted by Crippen LogP contribution is -2.53. The summed E-state index contributed by atoms with van der Waals surface area (Å²) in [6.45, 7) is 6.15. The molecule has 117 heavy (non-hydrogen) atoms. The summed E-state index contributed by atoms with van der Waals surface area (Å²) in [5.74, 6) is -65.1. The van der Waals surface area contributed by atoms with E-state index in [0.717, 1.165) is 45.3 Å². The number of carboxylic acid groups (broad SMARTS) is 3. The molecular weight excluding hydrogens is 1670 g/mol. The Bertz CT molecular complexity index is 3800. The number of nitrogens with zero attached hydrogens (tertiary/aromatic N) is 1. The Kier molecular flexibility index (Phi) is 39.9. The molecule has 3 heterocycles. The van der Waals surface area contributed by atoms with Gasteiger partial charge < -0.3 is 64.2 Å². The van der Waals surface area contributed by atoms with Crippen LogP contribution in [0, 0.1) is 104 Å². The largest absolute Gasteiger partial charge is 0.870 e. The molecule has 0 radical (unpaired) electrons. The fourth-order valence-corrected chi connectivity index (χ4v) is 10.4. The van der Waals surface area contributed by atoms with Gasteiger partial charge in [0.05, 0.1) is 58.9 Å². The van der Waals surface area contributed by atoms with E-state index >= 15 is 0 Å². The molecule has 0 spiro atoms. The lowest BCUT2D eigenvalue weighted by molar-refractivity contribution is -0.389. The van der Waals surface area contributed by atoms with Crippen LogP contribution in [0.1, 0.15) is 172 Å². The first-order valence-corrected chi connectivity index (χ1v) is 34.2. The zero-order chi connectivity index (χ0) is 90.0. The fraction of sp³-hybridized carbons (Fsp3) is 0.571. The topological polar surface area (TPSA) is 316 Å². The Morgan fingerprint density at radius 3 is 1.39 bits per heavy atom. The second-order valence-electron chi connectivity index (χ2n) is 26.4. The summed E-state index contributed by atoms with van der Waals surface area (Å²) in [6.07, 6.45) is -9.70. The van der Waals surface area contributed by atoms with Crippen molar-refractivity contribution in [3.8, 4) is 5.75 Å². The highest BCUT2D eigenvalue weighted by atomic mass is 19.4. The summed E-state index contributed by atoms with van der Waals surface area (Å²) in [7, 11) is 0. The van der Waals surface area contributed by atoms with Gasteiger partial charge in [0.25, 0.3) is 11.8 Å². The molecule has 3 saturated heterocycles. The van der Waals surface area contributed by atoms with E-state index in [-0.39, 0.29) is 51.4 Å². The Morgan fingerprint density at radius 2 is 0.974 bits per heavy atom. The molecule has 3 N–H and O–H groups in total. The van der Waals surface area contributed by atoms with Crippen molar-refractivity contribution >= 4 is 47.2 Å². The Labute approximate surface area is 645 Å². The highest BCUT2D eigenvalue weighted by Gasteiger charge is 2.66. The highest BCUT2D eigenvalue weighted by molar-refractivity contribution is 5.92. The molecule has 47 heteroatoms. The quantitative estimate of drug-likeness (QED) is 0.00614. The Balaban J connectivity index is 0.000000485. The smallest absolute Gasteiger partial charge is 0.395 e. The van der Waals surface area contributed by atoms with Gasteiger partial charge in [-0.15, -0.1) is 0 Å². The lowest BCUT2D eigenvalue weighted by atomic mass is 9.89. The number of nitrogen functional groups attached to an aromatic ring is 1. The van der Waals surface area contributed by atoms with E-state index in [4.69, 9.17) is 24.1 Å². The number of carbonyl (C=O) groups is 6. The highest BCUT2D eigenvalue weighted by Crippen LogP contribution is 2.48. The summed E-state index contributed by atoms with van der Waals surface area (Å²) in [6, 6.07) is 6.78. The monoisotopic (exact) mass is 1740 g/mol. The van der Waals surface area contributed by atoms with E-state index in [0.29, 0.717) is 51.2 Å². The van der Waals surface area contributed by atoms with Gasteiger partial charge in [-0.25, -0.2) is 84.2 Å². The van der Waals surface area contributed by atoms with Crippen LogP contribution >= 0.6 is 0 Å². The molecule has 7 rings (SSSR count). The van der Waals surface area contributed by atoms with Crippen molar-refractivity contribution in [1.82, 2.24) is 0 Å². The van der Waals surface area contributed by atoms with Crippen LogP contribution in [0.15, 0.2) is 30.3 Å². The maximum absolute atomic E-state index is 14.5. The number of aromatic carboxylic acids is 3. The normalized spacial score (nSPS) is 15.2. The van der Waals surface area contributed by atoms with Crippen molar-refractivity contribution < 1.29 is 201 Å². The molecule has 3 aliphatic rings. The lowest BCUT2D eigenvalue weighted by Gasteiger charge is -2.35. The molecule has 0 amide bonds. The van der Waals surface area contributed by atoms with E-state index in [1.54, 1.807) is 0 Å². The minimum atomic E-state index is -5.51. The number of hydrogen-bond donors (Lipinski definition) is 2. The summed E-state index contributed by atoms with van der Waals surface area (Å²) >= 11 is 0. The number of alkyl halides is 15. The van der Waals surface area contributed by atoms with Crippen molar-refractivity contribution in [1.29, 1.82) is 0 Å². The van der Waals surface area contributed by atoms with Crippen LogP contribution in [-0.2, 0) is 38.0 Å². The number of esters is 3. The van der Waals surface area contributed by atoms with Gasteiger partial charge in [-0.2, -0.15) is 43.9 Å². The summed E-state index contributed by atoms with van der Waals surface area (Å²) in [4.78, 5) is 74.1. The maximum Gasteiger partial charge on any atom is 0.395 e. The molecule has 20 nitrogen and oxygen atoms in total. The van der Waals surface area contributed by atoms with E-state index in [1.807, 2.05) is 0 Å². The van der Waals surface area contributed by atoms with Gasteiger partial charge in [-0.3, -0.25) is 19.7 Å². The molecule has 4 aromatic carbocycles. The van der Waals surface area contributed by atoms with Gasteiger partial charge in [-0.05, 0) is 101 Å². The second kappa shape index (κ2) is 45.0. The third-order valence-electron chi connectivity index (χ3n) is 16.9. The molecule has 0 aliphatic carbocycles. The predicted molar refractivity (Wildman–Crippen MR) is 340 cm³/mol. The van der Waals surface area contributed by atoms with Crippen molar-refractivity contribution in [2.24, 2.45) is 23.7 Å². The molecular formula is C70H72F27N2O18-3. The molecule has 0 aromatic heterocycles. The van der Waals surface area contributed by atoms with Gasteiger partial charge in [0.15, 0.2) is 70.4 Å². The number of nitro groups is 1. The van der Waals surface area contributed by atoms with Crippen LogP contribution in [0.4, 0.5) is 130 Å². The van der Waals surface area contributed by atoms with Crippen molar-refractivity contribution in [2.45, 2.75) is 184 Å². The number of anilines is 1. The maximum atomic E-state index is 14.5. The van der Waals surface area contributed by atoms with Crippen molar-refractivity contribution in [3.05, 3.63) is 133 Å². The van der Waals surface area contributed by atoms with Crippen LogP contribution in [0.3, 0.4) is 0 Å². The predicted octanol–water partition coefficient (Wildman–Crippen LogP) is 15.6. The number of unbranched alkanes of at least 4 members (excludes halogenated alkanes) is 1. The molecule has 2 atom stereocenters. The van der Waals surface area contributed by atoms with E-state index in [1.165, 1.54) is 44.2 Å². The third-order valence-corrected chi connectivity index (χ3v) is 16.9. The number of carbonyl (C=O) groups excluding carboxylic acids is 5. The Hall–Kier alpha value is -9.31. The number of nitrogens with two attached hydrogens (primary N) is 1. The minimum absolute atomic E-state index is 0.106. The average molecular weight is 1740 g/mol.